The number of methoxy groups -OCH3 is 1. The number of ether oxygens (including phenoxy) is 2. The molecule has 0 unspecified atom stereocenters. The number of aromatic nitrogens is 3. The van der Waals surface area contributed by atoms with Crippen molar-refractivity contribution < 1.29 is 14.3 Å². The minimum absolute atomic E-state index is 0.0424. The summed E-state index contributed by atoms with van der Waals surface area (Å²) in [6.07, 6.45) is 5.64. The molecule has 5 rings (SSSR count). The summed E-state index contributed by atoms with van der Waals surface area (Å²) in [5.41, 5.74) is 2.09. The van der Waals surface area contributed by atoms with Gasteiger partial charge in [-0.2, -0.15) is 4.98 Å². The molecule has 0 aliphatic carbocycles. The third kappa shape index (κ3) is 7.64. The van der Waals surface area contributed by atoms with E-state index >= 15 is 0 Å². The van der Waals surface area contributed by atoms with E-state index < -0.39 is 0 Å². The van der Waals surface area contributed by atoms with Gasteiger partial charge < -0.3 is 19.7 Å². The first-order valence-electron chi connectivity index (χ1n) is 15.3. The van der Waals surface area contributed by atoms with E-state index in [0.717, 1.165) is 38.2 Å². The van der Waals surface area contributed by atoms with Gasteiger partial charge in [-0.15, -0.1) is 0 Å². The van der Waals surface area contributed by atoms with Crippen LogP contribution in [0.3, 0.4) is 0 Å². The van der Waals surface area contributed by atoms with E-state index in [9.17, 15) is 9.59 Å². The molecule has 11 heteroatoms. The van der Waals surface area contributed by atoms with Crippen LogP contribution in [0.5, 0.6) is 11.5 Å². The molecule has 45 heavy (non-hydrogen) atoms. The third-order valence-corrected chi connectivity index (χ3v) is 8.26. The molecular formula is C34H39ClN6O4. The molecule has 4 aromatic rings. The second-order valence-corrected chi connectivity index (χ2v) is 11.3. The summed E-state index contributed by atoms with van der Waals surface area (Å²) in [7, 11) is 1.57. The van der Waals surface area contributed by atoms with Crippen LogP contribution in [0.1, 0.15) is 26.2 Å². The maximum Gasteiger partial charge on any atom is 0.260 e. The van der Waals surface area contributed by atoms with Crippen molar-refractivity contribution in [1.29, 1.82) is 0 Å². The fraction of sp³-hybridized carbons (Fsp3) is 0.353. The summed E-state index contributed by atoms with van der Waals surface area (Å²) in [6.45, 7) is 10.2. The van der Waals surface area contributed by atoms with Crippen LogP contribution in [0.25, 0.3) is 22.2 Å². The number of unbranched alkanes of at least 4 members (excludes halogenated alkanes) is 1. The number of anilines is 2. The molecule has 0 saturated carbocycles. The van der Waals surface area contributed by atoms with Crippen molar-refractivity contribution in [2.24, 2.45) is 0 Å². The Bertz CT molecular complexity index is 1700. The molecule has 0 spiro atoms. The van der Waals surface area contributed by atoms with E-state index in [0.29, 0.717) is 77.3 Å². The van der Waals surface area contributed by atoms with E-state index in [2.05, 4.69) is 28.7 Å². The van der Waals surface area contributed by atoms with E-state index in [-0.39, 0.29) is 11.5 Å². The van der Waals surface area contributed by atoms with Gasteiger partial charge in [0.25, 0.3) is 5.56 Å². The SMILES string of the molecule is C=CC(=O)N1CCN(CCCn2c(=O)c(-c3cc(OC)cc(OCCCC)c3Cl)cc3cnc(Nc4ccccc4)nc32)CC1. The molecule has 1 aliphatic rings. The smallest absolute Gasteiger partial charge is 0.260 e. The summed E-state index contributed by atoms with van der Waals surface area (Å²) in [5, 5.41) is 4.28. The molecule has 10 nitrogen and oxygen atoms in total. The molecule has 3 heterocycles. The Labute approximate surface area is 268 Å². The molecule has 1 N–H and O–H groups in total. The summed E-state index contributed by atoms with van der Waals surface area (Å²) >= 11 is 6.88. The molecule has 1 saturated heterocycles. The summed E-state index contributed by atoms with van der Waals surface area (Å²) in [4.78, 5) is 39.7. The fourth-order valence-electron chi connectivity index (χ4n) is 5.36. The minimum Gasteiger partial charge on any atom is -0.497 e. The Balaban J connectivity index is 1.49. The first kappa shape index (κ1) is 32.0. The van der Waals surface area contributed by atoms with Gasteiger partial charge in [-0.1, -0.05) is 49.7 Å². The van der Waals surface area contributed by atoms with Crippen LogP contribution in [0.2, 0.25) is 5.02 Å². The van der Waals surface area contributed by atoms with Crippen LogP contribution >= 0.6 is 11.6 Å². The molecular weight excluding hydrogens is 592 g/mol. The molecule has 1 amide bonds. The molecule has 2 aromatic heterocycles. The van der Waals surface area contributed by atoms with Gasteiger partial charge in [-0.3, -0.25) is 19.1 Å². The molecule has 0 atom stereocenters. The van der Waals surface area contributed by atoms with Crippen molar-refractivity contribution in [2.45, 2.75) is 32.7 Å². The van der Waals surface area contributed by atoms with Gasteiger partial charge in [0.2, 0.25) is 11.9 Å². The summed E-state index contributed by atoms with van der Waals surface area (Å²) in [5.74, 6) is 1.36. The highest BCUT2D eigenvalue weighted by atomic mass is 35.5. The lowest BCUT2D eigenvalue weighted by molar-refractivity contribution is -0.127. The topological polar surface area (TPSA) is 102 Å². The number of hydrogen-bond acceptors (Lipinski definition) is 8. The lowest BCUT2D eigenvalue weighted by Crippen LogP contribution is -2.48. The quantitative estimate of drug-likeness (QED) is 0.147. The maximum absolute atomic E-state index is 14.3. The Morgan fingerprint density at radius 1 is 1.07 bits per heavy atom. The van der Waals surface area contributed by atoms with Gasteiger partial charge >= 0.3 is 0 Å². The van der Waals surface area contributed by atoms with Crippen molar-refractivity contribution in [3.63, 3.8) is 0 Å². The molecule has 1 aliphatic heterocycles. The highest BCUT2D eigenvalue weighted by Crippen LogP contribution is 2.39. The van der Waals surface area contributed by atoms with E-state index in [1.165, 1.54) is 6.08 Å². The molecule has 236 valence electrons. The lowest BCUT2D eigenvalue weighted by Gasteiger charge is -2.34. The second-order valence-electron chi connectivity index (χ2n) is 10.9. The highest BCUT2D eigenvalue weighted by molar-refractivity contribution is 6.35. The summed E-state index contributed by atoms with van der Waals surface area (Å²) < 4.78 is 13.2. The zero-order valence-electron chi connectivity index (χ0n) is 25.8. The van der Waals surface area contributed by atoms with Crippen LogP contribution in [0.4, 0.5) is 11.6 Å². The number of fused-ring (bicyclic) bond motifs is 1. The van der Waals surface area contributed by atoms with Crippen molar-refractivity contribution >= 4 is 40.2 Å². The number of aryl methyl sites for hydroxylation is 1. The van der Waals surface area contributed by atoms with Gasteiger partial charge in [0.05, 0.1) is 18.7 Å². The fourth-order valence-corrected chi connectivity index (χ4v) is 5.63. The normalized spacial score (nSPS) is 13.5. The van der Waals surface area contributed by atoms with Crippen molar-refractivity contribution in [3.05, 3.63) is 82.8 Å². The number of nitrogens with one attached hydrogen (secondary N) is 1. The van der Waals surface area contributed by atoms with Crippen molar-refractivity contribution in [1.82, 2.24) is 24.3 Å². The van der Waals surface area contributed by atoms with Crippen LogP contribution in [-0.4, -0.2) is 76.7 Å². The average molecular weight is 631 g/mol. The zero-order chi connectivity index (χ0) is 31.8. The summed E-state index contributed by atoms with van der Waals surface area (Å²) in [6, 6.07) is 14.9. The first-order chi connectivity index (χ1) is 21.9. The van der Waals surface area contributed by atoms with Crippen LogP contribution in [0, 0.1) is 0 Å². The number of hydrogen-bond donors (Lipinski definition) is 1. The number of carbonyl (C=O) groups is 1. The van der Waals surface area contributed by atoms with E-state index in [1.807, 2.05) is 30.3 Å². The second kappa shape index (κ2) is 15.0. The number of nitrogens with zero attached hydrogens (tertiary/aromatic N) is 5. The van der Waals surface area contributed by atoms with Gasteiger partial charge in [-0.05, 0) is 49.7 Å². The largest absolute Gasteiger partial charge is 0.497 e. The average Bonchev–Trinajstić information content (AvgIpc) is 3.07. The Hall–Kier alpha value is -4.41. The number of halogens is 1. The highest BCUT2D eigenvalue weighted by Gasteiger charge is 2.21. The van der Waals surface area contributed by atoms with Crippen molar-refractivity contribution in [2.75, 3.05) is 51.8 Å². The Morgan fingerprint density at radius 2 is 1.84 bits per heavy atom. The molecule has 0 bridgehead atoms. The molecule has 1 fully saturated rings. The van der Waals surface area contributed by atoms with Gasteiger partial charge in [0, 0.05) is 67.2 Å². The number of carbonyl (C=O) groups excluding carboxylic acids is 1. The number of rotatable bonds is 13. The van der Waals surface area contributed by atoms with Crippen LogP contribution < -0.4 is 20.3 Å². The van der Waals surface area contributed by atoms with Crippen LogP contribution in [0.15, 0.2) is 72.2 Å². The Morgan fingerprint density at radius 3 is 2.56 bits per heavy atom. The predicted molar refractivity (Wildman–Crippen MR) is 179 cm³/mol. The first-order valence-corrected chi connectivity index (χ1v) is 15.7. The van der Waals surface area contributed by atoms with Gasteiger partial charge in [-0.25, -0.2) is 4.98 Å². The molecule has 0 radical (unpaired) electrons. The van der Waals surface area contributed by atoms with Crippen molar-refractivity contribution in [3.8, 4) is 22.6 Å². The number of pyridine rings is 1. The lowest BCUT2D eigenvalue weighted by atomic mass is 10.0. The van der Waals surface area contributed by atoms with E-state index in [1.54, 1.807) is 41.0 Å². The predicted octanol–water partition coefficient (Wildman–Crippen LogP) is 5.76. The number of benzene rings is 2. The number of piperazine rings is 1. The Kier molecular flexibility index (Phi) is 10.7. The maximum atomic E-state index is 14.3. The third-order valence-electron chi connectivity index (χ3n) is 7.87. The number of para-hydroxylation sites is 1. The monoisotopic (exact) mass is 630 g/mol. The van der Waals surface area contributed by atoms with Crippen LogP contribution in [-0.2, 0) is 11.3 Å². The van der Waals surface area contributed by atoms with Gasteiger partial charge in [0.1, 0.15) is 17.1 Å². The number of amides is 1. The standard InChI is InChI=1S/C34H39ClN6O4/c1-4-6-19-45-29-22-26(44-3)21-27(31(29)35)28-20-24-23-36-34(37-25-11-8-7-9-12-25)38-32(24)41(33(28)43)14-10-13-39-15-17-40(18-16-39)30(42)5-2/h5,7-9,11-12,20-23H,2,4,6,10,13-19H2,1,3H3,(H,36,37,38). The molecule has 2 aromatic carbocycles. The van der Waals surface area contributed by atoms with Gasteiger partial charge in [0.15, 0.2) is 0 Å². The zero-order valence-corrected chi connectivity index (χ0v) is 26.6. The minimum atomic E-state index is -0.220. The van der Waals surface area contributed by atoms with E-state index in [4.69, 9.17) is 26.1 Å².